The van der Waals surface area contributed by atoms with Gasteiger partial charge in [0, 0.05) is 0 Å². The number of aryl methyl sites for hydroxylation is 1. The van der Waals surface area contributed by atoms with Gasteiger partial charge >= 0.3 is 0 Å². The van der Waals surface area contributed by atoms with Gasteiger partial charge in [0.05, 0.1) is 12.3 Å². The molecule has 0 spiro atoms. The zero-order valence-electron chi connectivity index (χ0n) is 11.7. The molecule has 0 fully saturated rings. The molecule has 0 amide bonds. The fraction of sp³-hybridized carbons (Fsp3) is 0.375. The number of rotatable bonds is 6. The van der Waals surface area contributed by atoms with Crippen molar-refractivity contribution in [2.75, 3.05) is 6.54 Å². The average molecular weight is 279 g/mol. The van der Waals surface area contributed by atoms with Crippen LogP contribution in [0.15, 0.2) is 34.9 Å². The summed E-state index contributed by atoms with van der Waals surface area (Å²) in [5.74, 6) is -0.780. The highest BCUT2D eigenvalue weighted by atomic mass is 19.2. The Morgan fingerprint density at radius 1 is 1.20 bits per heavy atom. The van der Waals surface area contributed by atoms with Crippen LogP contribution in [0.1, 0.15) is 36.3 Å². The molecule has 0 aliphatic rings. The first-order valence-electron chi connectivity index (χ1n) is 6.83. The molecular formula is C16H19F2NO. The van der Waals surface area contributed by atoms with E-state index in [-0.39, 0.29) is 6.04 Å². The van der Waals surface area contributed by atoms with Gasteiger partial charge in [0.2, 0.25) is 0 Å². The van der Waals surface area contributed by atoms with E-state index in [0.29, 0.717) is 6.42 Å². The van der Waals surface area contributed by atoms with E-state index in [2.05, 4.69) is 12.2 Å². The summed E-state index contributed by atoms with van der Waals surface area (Å²) in [6, 6.07) is 5.89. The quantitative estimate of drug-likeness (QED) is 0.859. The molecule has 4 heteroatoms. The number of benzene rings is 1. The first kappa shape index (κ1) is 14.7. The lowest BCUT2D eigenvalue weighted by molar-refractivity contribution is 0.407. The Hall–Kier alpha value is -1.68. The highest BCUT2D eigenvalue weighted by molar-refractivity contribution is 5.24. The van der Waals surface area contributed by atoms with Crippen molar-refractivity contribution >= 4 is 0 Å². The standard InChI is InChI=1S/C16H19F2NO/c1-3-7-19-15(16-11(2)6-8-20-16)10-12-4-5-13(17)14(18)9-12/h4-6,8-9,15,19H,3,7,10H2,1-2H3. The first-order valence-corrected chi connectivity index (χ1v) is 6.83. The molecule has 0 saturated heterocycles. The van der Waals surface area contributed by atoms with Crippen molar-refractivity contribution in [2.24, 2.45) is 0 Å². The summed E-state index contributed by atoms with van der Waals surface area (Å²) >= 11 is 0. The molecule has 0 aliphatic carbocycles. The van der Waals surface area contributed by atoms with Crippen LogP contribution in [0.5, 0.6) is 0 Å². The number of hydrogen-bond acceptors (Lipinski definition) is 2. The largest absolute Gasteiger partial charge is 0.467 e. The molecule has 1 heterocycles. The highest BCUT2D eigenvalue weighted by Crippen LogP contribution is 2.23. The second kappa shape index (κ2) is 6.66. The van der Waals surface area contributed by atoms with E-state index >= 15 is 0 Å². The van der Waals surface area contributed by atoms with Crippen LogP contribution >= 0.6 is 0 Å². The lowest BCUT2D eigenvalue weighted by Gasteiger charge is -2.17. The van der Waals surface area contributed by atoms with Crippen molar-refractivity contribution < 1.29 is 13.2 Å². The summed E-state index contributed by atoms with van der Waals surface area (Å²) in [6.07, 6.45) is 3.20. The molecule has 1 aromatic carbocycles. The Kier molecular flexibility index (Phi) is 4.90. The summed E-state index contributed by atoms with van der Waals surface area (Å²) in [5.41, 5.74) is 1.80. The van der Waals surface area contributed by atoms with E-state index in [0.717, 1.165) is 35.9 Å². The van der Waals surface area contributed by atoms with Crippen molar-refractivity contribution in [2.45, 2.75) is 32.7 Å². The molecule has 20 heavy (non-hydrogen) atoms. The molecule has 2 nitrogen and oxygen atoms in total. The molecule has 0 aliphatic heterocycles. The van der Waals surface area contributed by atoms with Gasteiger partial charge in [-0.15, -0.1) is 0 Å². The van der Waals surface area contributed by atoms with Crippen molar-refractivity contribution in [1.29, 1.82) is 0 Å². The molecule has 0 bridgehead atoms. The van der Waals surface area contributed by atoms with E-state index < -0.39 is 11.6 Å². The number of nitrogens with one attached hydrogen (secondary N) is 1. The molecule has 2 rings (SSSR count). The first-order chi connectivity index (χ1) is 9.61. The van der Waals surface area contributed by atoms with Gasteiger partial charge < -0.3 is 9.73 Å². The van der Waals surface area contributed by atoms with Crippen molar-refractivity contribution in [3.05, 3.63) is 59.1 Å². The maximum atomic E-state index is 13.3. The van der Waals surface area contributed by atoms with Crippen LogP contribution in [0, 0.1) is 18.6 Å². The fourth-order valence-electron chi connectivity index (χ4n) is 2.22. The van der Waals surface area contributed by atoms with E-state index in [1.165, 1.54) is 6.07 Å². The van der Waals surface area contributed by atoms with Gasteiger partial charge in [-0.25, -0.2) is 8.78 Å². The zero-order valence-corrected chi connectivity index (χ0v) is 11.7. The van der Waals surface area contributed by atoms with Gasteiger partial charge in [-0.1, -0.05) is 13.0 Å². The smallest absolute Gasteiger partial charge is 0.159 e. The molecule has 1 atom stereocenters. The third kappa shape index (κ3) is 3.45. The normalized spacial score (nSPS) is 12.6. The molecule has 0 saturated carbocycles. The van der Waals surface area contributed by atoms with Crippen molar-refractivity contribution in [3.63, 3.8) is 0 Å². The van der Waals surface area contributed by atoms with Gasteiger partial charge in [0.25, 0.3) is 0 Å². The summed E-state index contributed by atoms with van der Waals surface area (Å²) < 4.78 is 31.8. The topological polar surface area (TPSA) is 25.2 Å². The molecule has 0 radical (unpaired) electrons. The third-order valence-electron chi connectivity index (χ3n) is 3.28. The molecular weight excluding hydrogens is 260 g/mol. The Bertz CT molecular complexity index is 565. The van der Waals surface area contributed by atoms with Crippen LogP contribution in [0.4, 0.5) is 8.78 Å². The molecule has 108 valence electrons. The van der Waals surface area contributed by atoms with Crippen LogP contribution in [0.2, 0.25) is 0 Å². The Balaban J connectivity index is 2.19. The minimum atomic E-state index is -0.819. The Morgan fingerprint density at radius 3 is 2.60 bits per heavy atom. The van der Waals surface area contributed by atoms with Crippen molar-refractivity contribution in [3.8, 4) is 0 Å². The van der Waals surface area contributed by atoms with Gasteiger partial charge in [-0.05, 0) is 55.6 Å². The fourth-order valence-corrected chi connectivity index (χ4v) is 2.22. The third-order valence-corrected chi connectivity index (χ3v) is 3.28. The van der Waals surface area contributed by atoms with Gasteiger partial charge in [-0.2, -0.15) is 0 Å². The maximum absolute atomic E-state index is 13.3. The van der Waals surface area contributed by atoms with Crippen LogP contribution in [0.25, 0.3) is 0 Å². The summed E-state index contributed by atoms with van der Waals surface area (Å²) in [7, 11) is 0. The minimum Gasteiger partial charge on any atom is -0.467 e. The van der Waals surface area contributed by atoms with Crippen LogP contribution in [-0.2, 0) is 6.42 Å². The predicted octanol–water partition coefficient (Wildman–Crippen LogP) is 4.15. The van der Waals surface area contributed by atoms with E-state index in [9.17, 15) is 8.78 Å². The molecule has 2 aromatic rings. The predicted molar refractivity (Wildman–Crippen MR) is 74.5 cm³/mol. The minimum absolute atomic E-state index is 0.0326. The van der Waals surface area contributed by atoms with Crippen LogP contribution < -0.4 is 5.32 Å². The Labute approximate surface area is 117 Å². The summed E-state index contributed by atoms with van der Waals surface area (Å²) in [6.45, 7) is 4.90. The SMILES string of the molecule is CCCNC(Cc1ccc(F)c(F)c1)c1occc1C. The van der Waals surface area contributed by atoms with Crippen molar-refractivity contribution in [1.82, 2.24) is 5.32 Å². The van der Waals surface area contributed by atoms with Crippen LogP contribution in [0.3, 0.4) is 0 Å². The van der Waals surface area contributed by atoms with E-state index in [1.807, 2.05) is 13.0 Å². The van der Waals surface area contributed by atoms with Gasteiger partial charge in [0.15, 0.2) is 11.6 Å². The average Bonchev–Trinajstić information content (AvgIpc) is 2.85. The number of hydrogen-bond donors (Lipinski definition) is 1. The second-order valence-corrected chi connectivity index (χ2v) is 4.93. The Morgan fingerprint density at radius 2 is 2.00 bits per heavy atom. The maximum Gasteiger partial charge on any atom is 0.159 e. The summed E-state index contributed by atoms with van der Waals surface area (Å²) in [4.78, 5) is 0. The van der Waals surface area contributed by atoms with E-state index in [4.69, 9.17) is 4.42 Å². The molecule has 1 N–H and O–H groups in total. The second-order valence-electron chi connectivity index (χ2n) is 4.93. The lowest BCUT2D eigenvalue weighted by Crippen LogP contribution is -2.24. The summed E-state index contributed by atoms with van der Waals surface area (Å²) in [5, 5.41) is 3.39. The van der Waals surface area contributed by atoms with Gasteiger partial charge in [-0.3, -0.25) is 0 Å². The van der Waals surface area contributed by atoms with E-state index in [1.54, 1.807) is 12.3 Å². The number of halogens is 2. The highest BCUT2D eigenvalue weighted by Gasteiger charge is 2.17. The van der Waals surface area contributed by atoms with Crippen LogP contribution in [-0.4, -0.2) is 6.54 Å². The lowest BCUT2D eigenvalue weighted by atomic mass is 10.0. The molecule has 1 aromatic heterocycles. The number of furan rings is 1. The molecule has 1 unspecified atom stereocenters. The zero-order chi connectivity index (χ0) is 14.5. The van der Waals surface area contributed by atoms with Gasteiger partial charge in [0.1, 0.15) is 5.76 Å². The monoisotopic (exact) mass is 279 g/mol.